The summed E-state index contributed by atoms with van der Waals surface area (Å²) in [4.78, 5) is 10.8. The Morgan fingerprint density at radius 1 is 1.26 bits per heavy atom. The number of hydrogen-bond acceptors (Lipinski definition) is 4. The molecule has 23 heavy (non-hydrogen) atoms. The zero-order valence-electron chi connectivity index (χ0n) is 12.8. The summed E-state index contributed by atoms with van der Waals surface area (Å²) in [6.07, 6.45) is -4.40. The Labute approximate surface area is 131 Å². The van der Waals surface area contributed by atoms with Crippen LogP contribution in [0, 0.1) is 0 Å². The molecule has 0 aromatic heterocycles. The van der Waals surface area contributed by atoms with Crippen molar-refractivity contribution in [1.29, 1.82) is 0 Å². The normalized spacial score (nSPS) is 17.3. The maximum absolute atomic E-state index is 12.1. The van der Waals surface area contributed by atoms with E-state index in [1.807, 2.05) is 5.32 Å². The van der Waals surface area contributed by atoms with Crippen LogP contribution in [0.4, 0.5) is 13.2 Å². The standard InChI is InChI=1S/C15H18F3NO4/c1-21-12-3-4-13(22-2)11-8-23-9(7-10(11)12)5-6-19-14(20)15(16,17)18/h3-4,9H,5-8H2,1-2H3,(H,19,20). The number of rotatable bonds is 5. The van der Waals surface area contributed by atoms with E-state index in [2.05, 4.69) is 0 Å². The first kappa shape index (κ1) is 17.4. The molecule has 0 radical (unpaired) electrons. The summed E-state index contributed by atoms with van der Waals surface area (Å²) < 4.78 is 52.6. The van der Waals surface area contributed by atoms with Crippen LogP contribution in [-0.4, -0.2) is 39.0 Å². The summed E-state index contributed by atoms with van der Waals surface area (Å²) in [5.74, 6) is -0.564. The number of nitrogens with one attached hydrogen (secondary N) is 1. The smallest absolute Gasteiger partial charge is 0.471 e. The topological polar surface area (TPSA) is 56.8 Å². The second kappa shape index (κ2) is 7.08. The fourth-order valence-electron chi connectivity index (χ4n) is 2.53. The van der Waals surface area contributed by atoms with Gasteiger partial charge in [0.1, 0.15) is 11.5 Å². The average molecular weight is 333 g/mol. The van der Waals surface area contributed by atoms with Crippen LogP contribution in [0.15, 0.2) is 12.1 Å². The van der Waals surface area contributed by atoms with E-state index in [1.165, 1.54) is 0 Å². The van der Waals surface area contributed by atoms with Crippen molar-refractivity contribution < 1.29 is 32.2 Å². The highest BCUT2D eigenvalue weighted by atomic mass is 19.4. The van der Waals surface area contributed by atoms with Crippen molar-refractivity contribution in [3.05, 3.63) is 23.3 Å². The number of alkyl halides is 3. The molecule has 0 aliphatic carbocycles. The summed E-state index contributed by atoms with van der Waals surface area (Å²) in [6, 6.07) is 3.57. The van der Waals surface area contributed by atoms with Gasteiger partial charge in [-0.15, -0.1) is 0 Å². The van der Waals surface area contributed by atoms with Crippen LogP contribution in [0.2, 0.25) is 0 Å². The molecule has 1 N–H and O–H groups in total. The highest BCUT2D eigenvalue weighted by Crippen LogP contribution is 2.36. The van der Waals surface area contributed by atoms with Crippen LogP contribution in [0.25, 0.3) is 0 Å². The third-order valence-corrected chi connectivity index (χ3v) is 3.69. The Kier molecular flexibility index (Phi) is 5.35. The van der Waals surface area contributed by atoms with Gasteiger partial charge in [-0.3, -0.25) is 4.79 Å². The van der Waals surface area contributed by atoms with Crippen molar-refractivity contribution in [1.82, 2.24) is 5.32 Å². The maximum Gasteiger partial charge on any atom is 0.471 e. The largest absolute Gasteiger partial charge is 0.496 e. The van der Waals surface area contributed by atoms with E-state index in [0.717, 1.165) is 11.1 Å². The van der Waals surface area contributed by atoms with E-state index < -0.39 is 12.1 Å². The molecule has 0 bridgehead atoms. The number of hydrogen-bond donors (Lipinski definition) is 1. The van der Waals surface area contributed by atoms with Crippen molar-refractivity contribution >= 4 is 5.91 Å². The van der Waals surface area contributed by atoms with E-state index >= 15 is 0 Å². The average Bonchev–Trinajstić information content (AvgIpc) is 2.52. The van der Waals surface area contributed by atoms with E-state index in [4.69, 9.17) is 14.2 Å². The number of carbonyl (C=O) groups excluding carboxylic acids is 1. The molecule has 1 aliphatic heterocycles. The molecular weight excluding hydrogens is 315 g/mol. The minimum absolute atomic E-state index is 0.107. The molecule has 2 rings (SSSR count). The predicted octanol–water partition coefficient (Wildman–Crippen LogP) is 2.21. The molecule has 5 nitrogen and oxygen atoms in total. The number of amides is 1. The summed E-state index contributed by atoms with van der Waals surface area (Å²) in [5, 5.41) is 1.85. The number of halogens is 3. The van der Waals surface area contributed by atoms with Gasteiger partial charge in [-0.05, 0) is 18.6 Å². The number of fused-ring (bicyclic) bond motifs is 1. The van der Waals surface area contributed by atoms with Crippen LogP contribution in [0.5, 0.6) is 11.5 Å². The van der Waals surface area contributed by atoms with Crippen molar-refractivity contribution in [2.24, 2.45) is 0 Å². The number of ether oxygens (including phenoxy) is 3. The van der Waals surface area contributed by atoms with Crippen LogP contribution >= 0.6 is 0 Å². The van der Waals surface area contributed by atoms with E-state index in [0.29, 0.717) is 17.9 Å². The van der Waals surface area contributed by atoms with Gasteiger partial charge in [0.2, 0.25) is 0 Å². The van der Waals surface area contributed by atoms with E-state index in [1.54, 1.807) is 26.4 Å². The maximum atomic E-state index is 12.1. The molecule has 0 saturated heterocycles. The van der Waals surface area contributed by atoms with Crippen LogP contribution in [0.1, 0.15) is 17.5 Å². The molecule has 128 valence electrons. The Hall–Kier alpha value is -1.96. The molecule has 0 saturated carbocycles. The zero-order chi connectivity index (χ0) is 17.0. The molecule has 1 aliphatic rings. The lowest BCUT2D eigenvalue weighted by molar-refractivity contribution is -0.173. The third kappa shape index (κ3) is 4.07. The van der Waals surface area contributed by atoms with Crippen molar-refractivity contribution in [3.63, 3.8) is 0 Å². The first-order valence-electron chi connectivity index (χ1n) is 7.06. The molecule has 1 amide bonds. The third-order valence-electron chi connectivity index (χ3n) is 3.69. The summed E-state index contributed by atoms with van der Waals surface area (Å²) in [5.41, 5.74) is 1.80. The molecule has 8 heteroatoms. The monoisotopic (exact) mass is 333 g/mol. The molecule has 1 atom stereocenters. The second-order valence-corrected chi connectivity index (χ2v) is 5.11. The van der Waals surface area contributed by atoms with Gasteiger partial charge >= 0.3 is 12.1 Å². The zero-order valence-corrected chi connectivity index (χ0v) is 12.8. The highest BCUT2D eigenvalue weighted by Gasteiger charge is 2.38. The molecule has 1 unspecified atom stereocenters. The lowest BCUT2D eigenvalue weighted by Gasteiger charge is -2.28. The van der Waals surface area contributed by atoms with Gasteiger partial charge in [-0.2, -0.15) is 13.2 Å². The van der Waals surface area contributed by atoms with Crippen LogP contribution < -0.4 is 14.8 Å². The molecule has 0 fully saturated rings. The van der Waals surface area contributed by atoms with Gasteiger partial charge in [0.05, 0.1) is 26.9 Å². The summed E-state index contributed by atoms with van der Waals surface area (Å²) in [7, 11) is 3.11. The Bertz CT molecular complexity index is 575. The number of methoxy groups -OCH3 is 2. The lowest BCUT2D eigenvalue weighted by atomic mass is 9.95. The molecule has 1 aromatic rings. The van der Waals surface area contributed by atoms with Gasteiger partial charge in [-0.1, -0.05) is 0 Å². The summed E-state index contributed by atoms with van der Waals surface area (Å²) in [6.45, 7) is 0.179. The van der Waals surface area contributed by atoms with Crippen molar-refractivity contribution in [3.8, 4) is 11.5 Å². The van der Waals surface area contributed by atoms with Gasteiger partial charge in [0, 0.05) is 24.1 Å². The highest BCUT2D eigenvalue weighted by molar-refractivity contribution is 5.81. The summed E-state index contributed by atoms with van der Waals surface area (Å²) >= 11 is 0. The van der Waals surface area contributed by atoms with Crippen molar-refractivity contribution in [2.45, 2.75) is 31.7 Å². The quantitative estimate of drug-likeness (QED) is 0.898. The molecule has 1 aromatic carbocycles. The van der Waals surface area contributed by atoms with Crippen molar-refractivity contribution in [2.75, 3.05) is 20.8 Å². The Balaban J connectivity index is 1.99. The Morgan fingerprint density at radius 2 is 1.87 bits per heavy atom. The van der Waals surface area contributed by atoms with Gasteiger partial charge < -0.3 is 19.5 Å². The number of carbonyl (C=O) groups is 1. The minimum atomic E-state index is -4.86. The SMILES string of the molecule is COc1ccc(OC)c2c1COC(CCNC(=O)C(F)(F)F)C2. The first-order chi connectivity index (χ1) is 10.9. The second-order valence-electron chi connectivity index (χ2n) is 5.11. The Morgan fingerprint density at radius 3 is 2.43 bits per heavy atom. The fraction of sp³-hybridized carbons (Fsp3) is 0.533. The van der Waals surface area contributed by atoms with E-state index in [-0.39, 0.29) is 25.7 Å². The first-order valence-corrected chi connectivity index (χ1v) is 7.06. The fourth-order valence-corrected chi connectivity index (χ4v) is 2.53. The molecule has 1 heterocycles. The molecule has 0 spiro atoms. The predicted molar refractivity (Wildman–Crippen MR) is 75.5 cm³/mol. The molecular formula is C15H18F3NO4. The van der Waals surface area contributed by atoms with Gasteiger partial charge in [0.15, 0.2) is 0 Å². The van der Waals surface area contributed by atoms with Gasteiger partial charge in [0.25, 0.3) is 0 Å². The van der Waals surface area contributed by atoms with Crippen LogP contribution in [-0.2, 0) is 22.6 Å². The minimum Gasteiger partial charge on any atom is -0.496 e. The van der Waals surface area contributed by atoms with E-state index in [9.17, 15) is 18.0 Å². The van der Waals surface area contributed by atoms with Gasteiger partial charge in [-0.25, -0.2) is 0 Å². The lowest BCUT2D eigenvalue weighted by Crippen LogP contribution is -2.38. The van der Waals surface area contributed by atoms with Crippen LogP contribution in [0.3, 0.4) is 0 Å². The number of benzene rings is 1.